The van der Waals surface area contributed by atoms with Crippen LogP contribution in [0.4, 0.5) is 10.1 Å². The highest BCUT2D eigenvalue weighted by Crippen LogP contribution is 2.26. The maximum atomic E-state index is 13.0. The molecule has 1 aromatic carbocycles. The molecule has 1 amide bonds. The van der Waals surface area contributed by atoms with Gasteiger partial charge in [0, 0.05) is 18.9 Å². The first-order chi connectivity index (χ1) is 10.5. The molecule has 0 aliphatic rings. The molecule has 0 fully saturated rings. The van der Waals surface area contributed by atoms with Gasteiger partial charge >= 0.3 is 0 Å². The van der Waals surface area contributed by atoms with Gasteiger partial charge < -0.3 is 9.88 Å². The fourth-order valence-electron chi connectivity index (χ4n) is 1.86. The molecule has 22 heavy (non-hydrogen) atoms. The van der Waals surface area contributed by atoms with Gasteiger partial charge in [0.1, 0.15) is 5.82 Å². The number of halogens is 2. The molecule has 1 heterocycles. The molecule has 2 rings (SSSR count). The fourth-order valence-corrected chi connectivity index (χ4v) is 2.97. The molecule has 1 aromatic heterocycles. The molecule has 0 saturated carbocycles. The number of aromatic nitrogens is 2. The Hall–Kier alpha value is -1.53. The molecule has 1 N–H and O–H groups in total. The first-order valence-electron chi connectivity index (χ1n) is 6.95. The first-order valence-corrected chi connectivity index (χ1v) is 8.20. The number of benzene rings is 1. The van der Waals surface area contributed by atoms with Crippen LogP contribution in [0.1, 0.15) is 20.3 Å². The Morgan fingerprint density at radius 2 is 2.32 bits per heavy atom. The van der Waals surface area contributed by atoms with Gasteiger partial charge in [0.25, 0.3) is 0 Å². The Morgan fingerprint density at radius 1 is 1.55 bits per heavy atom. The zero-order valence-electron chi connectivity index (χ0n) is 12.3. The summed E-state index contributed by atoms with van der Waals surface area (Å²) in [4.78, 5) is 16.5. The second kappa shape index (κ2) is 7.65. The summed E-state index contributed by atoms with van der Waals surface area (Å²) in [6.07, 6.45) is 4.61. The van der Waals surface area contributed by atoms with Crippen LogP contribution in [0.15, 0.2) is 35.7 Å². The number of nitrogens with one attached hydrogen (secondary N) is 1. The van der Waals surface area contributed by atoms with E-state index in [4.69, 9.17) is 11.6 Å². The Kier molecular flexibility index (Phi) is 5.85. The maximum absolute atomic E-state index is 13.0. The van der Waals surface area contributed by atoms with Crippen LogP contribution in [0, 0.1) is 5.82 Å². The highest BCUT2D eigenvalue weighted by Gasteiger charge is 2.18. The van der Waals surface area contributed by atoms with Crippen molar-refractivity contribution in [1.29, 1.82) is 0 Å². The highest BCUT2D eigenvalue weighted by molar-refractivity contribution is 8.00. The van der Waals surface area contributed by atoms with Gasteiger partial charge in [0.2, 0.25) is 5.91 Å². The minimum Gasteiger partial charge on any atom is -0.326 e. The third-order valence-corrected chi connectivity index (χ3v) is 4.41. The second-order valence-corrected chi connectivity index (χ2v) is 6.49. The van der Waals surface area contributed by atoms with E-state index in [-0.39, 0.29) is 16.2 Å². The highest BCUT2D eigenvalue weighted by atomic mass is 35.5. The van der Waals surface area contributed by atoms with E-state index < -0.39 is 5.82 Å². The van der Waals surface area contributed by atoms with Crippen LogP contribution in [-0.2, 0) is 11.3 Å². The quantitative estimate of drug-likeness (QED) is 0.801. The number of nitrogens with zero attached hydrogens (tertiary/aromatic N) is 2. The van der Waals surface area contributed by atoms with Crippen molar-refractivity contribution in [3.05, 3.63) is 41.4 Å². The number of rotatable bonds is 6. The van der Waals surface area contributed by atoms with E-state index in [1.54, 1.807) is 13.1 Å². The normalized spacial score (nSPS) is 12.2. The summed E-state index contributed by atoms with van der Waals surface area (Å²) in [5.41, 5.74) is 0.400. The molecule has 0 spiro atoms. The van der Waals surface area contributed by atoms with Crippen LogP contribution in [0.5, 0.6) is 0 Å². The number of carbonyl (C=O) groups is 1. The Labute approximate surface area is 138 Å². The molecule has 0 saturated heterocycles. The van der Waals surface area contributed by atoms with Gasteiger partial charge in [-0.3, -0.25) is 4.79 Å². The Bertz CT molecular complexity index is 662. The van der Waals surface area contributed by atoms with Gasteiger partial charge in [-0.15, -0.1) is 0 Å². The van der Waals surface area contributed by atoms with Crippen molar-refractivity contribution in [2.45, 2.75) is 37.2 Å². The number of carbonyl (C=O) groups excluding carboxylic acids is 1. The molecule has 0 aliphatic carbocycles. The van der Waals surface area contributed by atoms with Gasteiger partial charge in [0.15, 0.2) is 5.16 Å². The van der Waals surface area contributed by atoms with Crippen LogP contribution in [0.25, 0.3) is 0 Å². The lowest BCUT2D eigenvalue weighted by Gasteiger charge is -2.13. The monoisotopic (exact) mass is 341 g/mol. The molecule has 7 heteroatoms. The summed E-state index contributed by atoms with van der Waals surface area (Å²) in [5.74, 6) is -0.642. The topological polar surface area (TPSA) is 46.9 Å². The van der Waals surface area contributed by atoms with E-state index in [2.05, 4.69) is 17.2 Å². The minimum absolute atomic E-state index is 0.179. The molecule has 2 aromatic rings. The number of hydrogen-bond acceptors (Lipinski definition) is 3. The van der Waals surface area contributed by atoms with Crippen LogP contribution in [0.2, 0.25) is 5.02 Å². The van der Waals surface area contributed by atoms with Gasteiger partial charge in [-0.1, -0.05) is 30.3 Å². The summed E-state index contributed by atoms with van der Waals surface area (Å²) >= 11 is 7.29. The lowest BCUT2D eigenvalue weighted by molar-refractivity contribution is -0.115. The fraction of sp³-hybridized carbons (Fsp3) is 0.333. The van der Waals surface area contributed by atoms with Crippen LogP contribution < -0.4 is 5.32 Å². The predicted octanol–water partition coefficient (Wildman–Crippen LogP) is 4.20. The van der Waals surface area contributed by atoms with Gasteiger partial charge in [-0.2, -0.15) is 0 Å². The van der Waals surface area contributed by atoms with Crippen molar-refractivity contribution in [2.24, 2.45) is 0 Å². The number of imidazole rings is 1. The van der Waals surface area contributed by atoms with Crippen LogP contribution in [-0.4, -0.2) is 20.7 Å². The van der Waals surface area contributed by atoms with E-state index in [1.807, 2.05) is 10.8 Å². The second-order valence-electron chi connectivity index (χ2n) is 4.78. The molecule has 0 radical (unpaired) electrons. The lowest BCUT2D eigenvalue weighted by Crippen LogP contribution is -2.23. The van der Waals surface area contributed by atoms with Crippen LogP contribution in [0.3, 0.4) is 0 Å². The van der Waals surface area contributed by atoms with Crippen LogP contribution >= 0.6 is 23.4 Å². The number of amides is 1. The van der Waals surface area contributed by atoms with Crippen molar-refractivity contribution in [3.8, 4) is 0 Å². The summed E-state index contributed by atoms with van der Waals surface area (Å²) in [6, 6.07) is 3.88. The zero-order chi connectivity index (χ0) is 16.1. The molecule has 4 nitrogen and oxygen atoms in total. The standard InChI is InChI=1S/C15H17ClFN3OS/c1-3-7-20-8-6-18-15(20)22-10(2)14(21)19-13-5-4-11(17)9-12(13)16/h4-6,8-10H,3,7H2,1-2H3,(H,19,21). The first kappa shape index (κ1) is 16.8. The molecule has 1 atom stereocenters. The number of anilines is 1. The zero-order valence-corrected chi connectivity index (χ0v) is 13.9. The van der Waals surface area contributed by atoms with Crippen molar-refractivity contribution in [2.75, 3.05) is 5.32 Å². The van der Waals surface area contributed by atoms with Crippen molar-refractivity contribution < 1.29 is 9.18 Å². The van der Waals surface area contributed by atoms with Gasteiger partial charge in [-0.25, -0.2) is 9.37 Å². The maximum Gasteiger partial charge on any atom is 0.237 e. The molecular formula is C15H17ClFN3OS. The van der Waals surface area contributed by atoms with E-state index in [0.717, 1.165) is 18.1 Å². The number of hydrogen-bond donors (Lipinski definition) is 1. The third-order valence-electron chi connectivity index (χ3n) is 2.98. The Morgan fingerprint density at radius 3 is 3.00 bits per heavy atom. The Balaban J connectivity index is 2.01. The SMILES string of the molecule is CCCn1ccnc1SC(C)C(=O)Nc1ccc(F)cc1Cl. The van der Waals surface area contributed by atoms with E-state index >= 15 is 0 Å². The average Bonchev–Trinajstić information content (AvgIpc) is 2.89. The summed E-state index contributed by atoms with van der Waals surface area (Å²) in [7, 11) is 0. The molecule has 0 bridgehead atoms. The number of thioether (sulfide) groups is 1. The van der Waals surface area contributed by atoms with E-state index in [0.29, 0.717) is 5.69 Å². The minimum atomic E-state index is -0.438. The lowest BCUT2D eigenvalue weighted by atomic mass is 10.3. The van der Waals surface area contributed by atoms with E-state index in [1.165, 1.54) is 30.0 Å². The predicted molar refractivity (Wildman–Crippen MR) is 87.9 cm³/mol. The summed E-state index contributed by atoms with van der Waals surface area (Å²) < 4.78 is 15.0. The molecular weight excluding hydrogens is 325 g/mol. The third kappa shape index (κ3) is 4.24. The van der Waals surface area contributed by atoms with Gasteiger partial charge in [-0.05, 0) is 31.5 Å². The van der Waals surface area contributed by atoms with Crippen molar-refractivity contribution in [3.63, 3.8) is 0 Å². The largest absolute Gasteiger partial charge is 0.326 e. The smallest absolute Gasteiger partial charge is 0.237 e. The van der Waals surface area contributed by atoms with Gasteiger partial charge in [0.05, 0.1) is 16.0 Å². The molecule has 0 aliphatic heterocycles. The van der Waals surface area contributed by atoms with E-state index in [9.17, 15) is 9.18 Å². The average molecular weight is 342 g/mol. The van der Waals surface area contributed by atoms with Crippen molar-refractivity contribution in [1.82, 2.24) is 9.55 Å². The molecule has 1 unspecified atom stereocenters. The number of aryl methyl sites for hydroxylation is 1. The summed E-state index contributed by atoms with van der Waals surface area (Å²) in [6.45, 7) is 4.74. The molecule has 118 valence electrons. The summed E-state index contributed by atoms with van der Waals surface area (Å²) in [5, 5.41) is 3.34. The van der Waals surface area contributed by atoms with Crippen molar-refractivity contribution >= 4 is 35.0 Å².